The normalized spacial score (nSPS) is 14.7. The van der Waals surface area contributed by atoms with Gasteiger partial charge in [0.05, 0.1) is 26.4 Å². The van der Waals surface area contributed by atoms with Crippen molar-refractivity contribution < 1.29 is 80.2 Å². The Morgan fingerprint density at radius 3 is 0.826 bits per heavy atom. The summed E-state index contributed by atoms with van der Waals surface area (Å²) in [6.45, 7) is 14.0. The molecule has 0 fully saturated rings. The Morgan fingerprint density at radius 2 is 0.558 bits per heavy atom. The summed E-state index contributed by atoms with van der Waals surface area (Å²) in [5.41, 5.74) is 0. The summed E-state index contributed by atoms with van der Waals surface area (Å²) in [4.78, 5) is 72.3. The van der Waals surface area contributed by atoms with Gasteiger partial charge in [-0.3, -0.25) is 37.3 Å². The number of ether oxygens (including phenoxy) is 4. The number of rotatable bonds is 64. The summed E-state index contributed by atoms with van der Waals surface area (Å²) in [5.74, 6) is 0.780. The first kappa shape index (κ1) is 84.1. The number of unbranched alkanes of at least 4 members (excludes halogenated alkanes) is 29. The number of esters is 4. The molecule has 0 aromatic carbocycles. The first-order valence-electron chi connectivity index (χ1n) is 34.7. The van der Waals surface area contributed by atoms with Crippen LogP contribution >= 0.6 is 15.6 Å². The van der Waals surface area contributed by atoms with E-state index in [1.54, 1.807) is 0 Å². The van der Waals surface area contributed by atoms with Gasteiger partial charge in [-0.25, -0.2) is 9.13 Å². The van der Waals surface area contributed by atoms with Crippen LogP contribution in [0, 0.1) is 23.7 Å². The lowest BCUT2D eigenvalue weighted by Gasteiger charge is -2.21. The van der Waals surface area contributed by atoms with Crippen LogP contribution < -0.4 is 0 Å². The van der Waals surface area contributed by atoms with E-state index in [9.17, 15) is 43.2 Å². The number of aliphatic hydroxyl groups excluding tert-OH is 1. The molecule has 0 aliphatic rings. The Labute approximate surface area is 524 Å². The molecule has 510 valence electrons. The molecule has 86 heavy (non-hydrogen) atoms. The van der Waals surface area contributed by atoms with Crippen LogP contribution in [-0.4, -0.2) is 96.7 Å². The lowest BCUT2D eigenvalue weighted by molar-refractivity contribution is -0.161. The quantitative estimate of drug-likeness (QED) is 0.0222. The van der Waals surface area contributed by atoms with Crippen molar-refractivity contribution >= 4 is 39.5 Å². The van der Waals surface area contributed by atoms with Gasteiger partial charge in [-0.1, -0.05) is 274 Å². The molecule has 0 amide bonds. The van der Waals surface area contributed by atoms with Crippen molar-refractivity contribution in [1.29, 1.82) is 0 Å². The first-order valence-corrected chi connectivity index (χ1v) is 37.7. The lowest BCUT2D eigenvalue weighted by atomic mass is 10.00. The SMILES string of the molecule is CCC(C)CCCCCCCCC(=O)O[C@H](COC(=O)CCCCCCCCC(C)C)COP(=O)(O)OC[C@H](O)COP(=O)(O)OC[C@@H](COC(=O)CCCCCCCCCCCCCCC(C)C)OC(=O)CCCCCCCCCCCC(C)C. The number of hydrogen-bond donors (Lipinski definition) is 3. The van der Waals surface area contributed by atoms with Gasteiger partial charge in [0.1, 0.15) is 19.3 Å². The summed E-state index contributed by atoms with van der Waals surface area (Å²) in [7, 11) is -9.90. The second-order valence-corrected chi connectivity index (χ2v) is 28.8. The lowest BCUT2D eigenvalue weighted by Crippen LogP contribution is -2.30. The van der Waals surface area contributed by atoms with Gasteiger partial charge in [-0.15, -0.1) is 0 Å². The zero-order valence-corrected chi connectivity index (χ0v) is 57.7. The summed E-state index contributed by atoms with van der Waals surface area (Å²) in [6.07, 6.45) is 37.8. The molecule has 0 heterocycles. The van der Waals surface area contributed by atoms with Gasteiger partial charge < -0.3 is 33.8 Å². The second-order valence-electron chi connectivity index (χ2n) is 25.9. The fourth-order valence-corrected chi connectivity index (χ4v) is 11.5. The molecule has 0 rings (SSSR count). The number of carbonyl (C=O) groups is 4. The molecular formula is C67H130O17P2. The third-order valence-electron chi connectivity index (χ3n) is 15.7. The highest BCUT2D eigenvalue weighted by Gasteiger charge is 2.30. The van der Waals surface area contributed by atoms with Gasteiger partial charge in [-0.05, 0) is 49.4 Å². The van der Waals surface area contributed by atoms with Crippen LogP contribution in [0.4, 0.5) is 0 Å². The van der Waals surface area contributed by atoms with Crippen molar-refractivity contribution in [1.82, 2.24) is 0 Å². The number of phosphoric ester groups is 2. The maximum Gasteiger partial charge on any atom is 0.472 e. The summed E-state index contributed by atoms with van der Waals surface area (Å²) in [6, 6.07) is 0. The molecule has 0 aliphatic heterocycles. The second kappa shape index (κ2) is 57.0. The third kappa shape index (κ3) is 59.7. The molecule has 17 nitrogen and oxygen atoms in total. The van der Waals surface area contributed by atoms with E-state index in [4.69, 9.17) is 37.0 Å². The zero-order valence-electron chi connectivity index (χ0n) is 55.9. The van der Waals surface area contributed by atoms with Gasteiger partial charge in [0.2, 0.25) is 0 Å². The van der Waals surface area contributed by atoms with Gasteiger partial charge in [0.25, 0.3) is 0 Å². The van der Waals surface area contributed by atoms with Crippen LogP contribution in [-0.2, 0) is 65.4 Å². The van der Waals surface area contributed by atoms with Gasteiger partial charge in [0.15, 0.2) is 12.2 Å². The van der Waals surface area contributed by atoms with Crippen molar-refractivity contribution in [2.24, 2.45) is 23.7 Å². The Kier molecular flexibility index (Phi) is 55.7. The molecule has 6 atom stereocenters. The van der Waals surface area contributed by atoms with Crippen LogP contribution in [0.2, 0.25) is 0 Å². The standard InChI is InChI=1S/C67H130O17P2/c1-9-60(8)46-38-30-24-26-34-42-50-67(72)84-63(54-78-65(70)48-40-32-25-23-29-37-45-59(6)7)56-82-86(75,76)80-52-61(68)51-79-85(73,74)81-55-62(83-66(71)49-41-33-22-18-14-16-20-28-36-44-58(4)5)53-77-64(69)47-39-31-21-17-13-11-10-12-15-19-27-35-43-57(2)3/h57-63,68H,9-56H2,1-8H3,(H,73,74)(H,75,76)/t60?,61-,62-,63-/m1/s1. The third-order valence-corrected chi connectivity index (χ3v) is 17.6. The Balaban J connectivity index is 5.24. The van der Waals surface area contributed by atoms with E-state index in [0.29, 0.717) is 31.6 Å². The maximum atomic E-state index is 13.0. The smallest absolute Gasteiger partial charge is 0.462 e. The fourth-order valence-electron chi connectivity index (χ4n) is 9.93. The average Bonchev–Trinajstić information content (AvgIpc) is 3.66. The molecule has 0 bridgehead atoms. The highest BCUT2D eigenvalue weighted by Crippen LogP contribution is 2.45. The van der Waals surface area contributed by atoms with Gasteiger partial charge >= 0.3 is 39.5 Å². The number of carbonyl (C=O) groups excluding carboxylic acids is 4. The fraction of sp³-hybridized carbons (Fsp3) is 0.940. The van der Waals surface area contributed by atoms with Crippen molar-refractivity contribution in [3.8, 4) is 0 Å². The number of phosphoric acid groups is 2. The Hall–Kier alpha value is -1.94. The largest absolute Gasteiger partial charge is 0.472 e. The van der Waals surface area contributed by atoms with Crippen LogP contribution in [0.25, 0.3) is 0 Å². The van der Waals surface area contributed by atoms with E-state index in [0.717, 1.165) is 114 Å². The minimum absolute atomic E-state index is 0.101. The van der Waals surface area contributed by atoms with E-state index < -0.39 is 97.5 Å². The van der Waals surface area contributed by atoms with Crippen LogP contribution in [0.15, 0.2) is 0 Å². The molecule has 0 saturated heterocycles. The monoisotopic (exact) mass is 1270 g/mol. The molecule has 3 N–H and O–H groups in total. The van der Waals surface area contributed by atoms with Crippen LogP contribution in [0.1, 0.15) is 325 Å². The van der Waals surface area contributed by atoms with Crippen LogP contribution in [0.5, 0.6) is 0 Å². The maximum absolute atomic E-state index is 13.0. The summed E-state index contributed by atoms with van der Waals surface area (Å²) < 4.78 is 68.1. The molecule has 0 radical (unpaired) electrons. The Morgan fingerprint density at radius 1 is 0.326 bits per heavy atom. The average molecular weight is 1270 g/mol. The highest BCUT2D eigenvalue weighted by atomic mass is 31.2. The summed E-state index contributed by atoms with van der Waals surface area (Å²) >= 11 is 0. The van der Waals surface area contributed by atoms with Crippen molar-refractivity contribution in [2.75, 3.05) is 39.6 Å². The summed E-state index contributed by atoms with van der Waals surface area (Å²) in [5, 5.41) is 10.6. The van der Waals surface area contributed by atoms with Crippen molar-refractivity contribution in [3.05, 3.63) is 0 Å². The number of aliphatic hydroxyl groups is 1. The zero-order chi connectivity index (χ0) is 63.9. The van der Waals surface area contributed by atoms with E-state index in [1.807, 2.05) is 0 Å². The van der Waals surface area contributed by atoms with E-state index in [1.165, 1.54) is 122 Å². The topological polar surface area (TPSA) is 237 Å². The highest BCUT2D eigenvalue weighted by molar-refractivity contribution is 7.47. The molecule has 0 aromatic heterocycles. The minimum Gasteiger partial charge on any atom is -0.462 e. The van der Waals surface area contributed by atoms with E-state index >= 15 is 0 Å². The van der Waals surface area contributed by atoms with Crippen LogP contribution in [0.3, 0.4) is 0 Å². The molecule has 0 saturated carbocycles. The minimum atomic E-state index is -4.95. The molecule has 0 aromatic rings. The van der Waals surface area contributed by atoms with Gasteiger partial charge in [0, 0.05) is 25.7 Å². The molecular weight excluding hydrogens is 1140 g/mol. The van der Waals surface area contributed by atoms with Crippen molar-refractivity contribution in [2.45, 2.75) is 343 Å². The van der Waals surface area contributed by atoms with Gasteiger partial charge in [-0.2, -0.15) is 0 Å². The van der Waals surface area contributed by atoms with E-state index in [2.05, 4.69) is 55.4 Å². The predicted molar refractivity (Wildman–Crippen MR) is 344 cm³/mol. The molecule has 0 spiro atoms. The van der Waals surface area contributed by atoms with E-state index in [-0.39, 0.29) is 25.7 Å². The first-order chi connectivity index (χ1) is 41.1. The number of hydrogen-bond acceptors (Lipinski definition) is 15. The predicted octanol–water partition coefficient (Wildman–Crippen LogP) is 18.5. The molecule has 0 aliphatic carbocycles. The van der Waals surface area contributed by atoms with Crippen molar-refractivity contribution in [3.63, 3.8) is 0 Å². The molecule has 3 unspecified atom stereocenters. The Bertz CT molecular complexity index is 1720. The molecule has 19 heteroatoms.